The summed E-state index contributed by atoms with van der Waals surface area (Å²) >= 11 is 0. The van der Waals surface area contributed by atoms with Crippen LogP contribution < -0.4 is 9.47 Å². The molecule has 0 spiro atoms. The van der Waals surface area contributed by atoms with Crippen LogP contribution in [0.25, 0.3) is 6.08 Å². The van der Waals surface area contributed by atoms with Crippen LogP contribution in [-0.2, 0) is 4.79 Å². The largest absolute Gasteiger partial charge is 0.493 e. The molecule has 0 radical (unpaired) electrons. The zero-order valence-corrected chi connectivity index (χ0v) is 16.7. The maximum atomic E-state index is 13.0. The molecule has 1 saturated heterocycles. The van der Waals surface area contributed by atoms with Gasteiger partial charge in [-0.05, 0) is 36.4 Å². The highest BCUT2D eigenvalue weighted by Gasteiger charge is 2.28. The Labute approximate surface area is 171 Å². The van der Waals surface area contributed by atoms with E-state index in [9.17, 15) is 4.79 Å². The number of carbonyl (C=O) groups is 1. The Morgan fingerprint density at radius 1 is 1.21 bits per heavy atom. The molecule has 6 heteroatoms. The summed E-state index contributed by atoms with van der Waals surface area (Å²) in [5.74, 6) is 1.01. The quantitative estimate of drug-likeness (QED) is 0.708. The predicted octanol–water partition coefficient (Wildman–Crippen LogP) is 3.13. The van der Waals surface area contributed by atoms with Gasteiger partial charge in [-0.3, -0.25) is 4.79 Å². The number of likely N-dealkylation sites (N-methyl/N-ethyl adjacent to an activating group) is 1. The van der Waals surface area contributed by atoms with Crippen LogP contribution >= 0.6 is 0 Å². The average molecular weight is 391 g/mol. The van der Waals surface area contributed by atoms with Crippen molar-refractivity contribution in [3.05, 3.63) is 65.7 Å². The fraction of sp³-hybridized carbons (Fsp3) is 0.304. The Bertz CT molecular complexity index is 905. The van der Waals surface area contributed by atoms with E-state index in [0.717, 1.165) is 24.2 Å². The lowest BCUT2D eigenvalue weighted by Crippen LogP contribution is -2.48. The van der Waals surface area contributed by atoms with Crippen molar-refractivity contribution < 1.29 is 14.3 Å². The lowest BCUT2D eigenvalue weighted by molar-refractivity contribution is -0.130. The van der Waals surface area contributed by atoms with Crippen LogP contribution in [0.1, 0.15) is 17.2 Å². The van der Waals surface area contributed by atoms with Gasteiger partial charge in [0.1, 0.15) is 6.07 Å². The first-order chi connectivity index (χ1) is 14.1. The van der Waals surface area contributed by atoms with Gasteiger partial charge in [-0.25, -0.2) is 0 Å². The zero-order valence-electron chi connectivity index (χ0n) is 16.7. The molecule has 0 saturated carbocycles. The topological polar surface area (TPSA) is 65.8 Å². The third-order valence-electron chi connectivity index (χ3n) is 4.95. The number of piperazine rings is 1. The molecule has 2 aromatic rings. The van der Waals surface area contributed by atoms with E-state index in [0.29, 0.717) is 18.0 Å². The predicted molar refractivity (Wildman–Crippen MR) is 112 cm³/mol. The van der Waals surface area contributed by atoms with Crippen molar-refractivity contribution in [2.24, 2.45) is 0 Å². The lowest BCUT2D eigenvalue weighted by atomic mass is 10.0. The van der Waals surface area contributed by atoms with Crippen LogP contribution in [0.15, 0.2) is 54.6 Å². The summed E-state index contributed by atoms with van der Waals surface area (Å²) in [6.07, 6.45) is 3.38. The number of ether oxygens (including phenoxy) is 2. The zero-order chi connectivity index (χ0) is 20.6. The average Bonchev–Trinajstić information content (AvgIpc) is 2.76. The fourth-order valence-corrected chi connectivity index (χ4v) is 3.42. The summed E-state index contributed by atoms with van der Waals surface area (Å²) < 4.78 is 10.7. The van der Waals surface area contributed by atoms with Crippen molar-refractivity contribution in [2.75, 3.05) is 40.4 Å². The number of hydrogen-bond acceptors (Lipinski definition) is 5. The normalized spacial score (nSPS) is 17.1. The molecule has 1 aliphatic heterocycles. The van der Waals surface area contributed by atoms with Gasteiger partial charge in [-0.1, -0.05) is 36.4 Å². The van der Waals surface area contributed by atoms with Crippen LogP contribution in [0.2, 0.25) is 0 Å². The highest BCUT2D eigenvalue weighted by molar-refractivity contribution is 5.92. The Kier molecular flexibility index (Phi) is 6.88. The van der Waals surface area contributed by atoms with E-state index in [4.69, 9.17) is 14.7 Å². The van der Waals surface area contributed by atoms with Gasteiger partial charge in [0.25, 0.3) is 0 Å². The summed E-state index contributed by atoms with van der Waals surface area (Å²) in [7, 11) is 3.62. The first-order valence-electron chi connectivity index (χ1n) is 9.52. The molecule has 29 heavy (non-hydrogen) atoms. The van der Waals surface area contributed by atoms with Crippen molar-refractivity contribution in [1.82, 2.24) is 9.80 Å². The standard InChI is InChI=1S/C23H25N3O3/c1-25-13-14-26(20(17-25)19-6-4-3-5-7-19)23(27)11-9-18-8-10-21(29-15-12-24)22(16-18)28-2/h3-11,16,20H,13-15,17H2,1-2H3/b11-9+. The highest BCUT2D eigenvalue weighted by atomic mass is 16.5. The second kappa shape index (κ2) is 9.76. The lowest BCUT2D eigenvalue weighted by Gasteiger charge is -2.40. The van der Waals surface area contributed by atoms with Crippen LogP contribution in [0.5, 0.6) is 11.5 Å². The van der Waals surface area contributed by atoms with Gasteiger partial charge < -0.3 is 19.3 Å². The highest BCUT2D eigenvalue weighted by Crippen LogP contribution is 2.29. The molecule has 0 aliphatic carbocycles. The van der Waals surface area contributed by atoms with Gasteiger partial charge >= 0.3 is 0 Å². The molecule has 150 valence electrons. The van der Waals surface area contributed by atoms with Gasteiger partial charge in [0.2, 0.25) is 5.91 Å². The smallest absolute Gasteiger partial charge is 0.247 e. The van der Waals surface area contributed by atoms with Crippen molar-refractivity contribution in [2.45, 2.75) is 6.04 Å². The summed E-state index contributed by atoms with van der Waals surface area (Å²) in [5, 5.41) is 8.66. The van der Waals surface area contributed by atoms with Crippen molar-refractivity contribution >= 4 is 12.0 Å². The molecule has 1 aliphatic rings. The number of rotatable bonds is 6. The number of benzene rings is 2. The molecular formula is C23H25N3O3. The molecule has 0 N–H and O–H groups in total. The van der Waals surface area contributed by atoms with Crippen molar-refractivity contribution in [3.8, 4) is 17.6 Å². The van der Waals surface area contributed by atoms with Gasteiger partial charge in [0.05, 0.1) is 13.2 Å². The minimum atomic E-state index is -0.0473. The van der Waals surface area contributed by atoms with Gasteiger partial charge in [0.15, 0.2) is 18.1 Å². The van der Waals surface area contributed by atoms with E-state index in [1.165, 1.54) is 0 Å². The first-order valence-corrected chi connectivity index (χ1v) is 9.52. The number of hydrogen-bond donors (Lipinski definition) is 0. The summed E-state index contributed by atoms with van der Waals surface area (Å²) in [6.45, 7) is 2.29. The Morgan fingerprint density at radius 2 is 2.00 bits per heavy atom. The SMILES string of the molecule is COc1cc(/C=C/C(=O)N2CCN(C)CC2c2ccccc2)ccc1OCC#N. The minimum absolute atomic E-state index is 0.0178. The van der Waals surface area contributed by atoms with Crippen LogP contribution in [0.3, 0.4) is 0 Å². The Hall–Kier alpha value is -3.30. The number of methoxy groups -OCH3 is 1. The summed E-state index contributed by atoms with van der Waals surface area (Å²) in [5.41, 5.74) is 1.96. The van der Waals surface area contributed by atoms with E-state index in [1.54, 1.807) is 31.4 Å². The van der Waals surface area contributed by atoms with E-state index in [2.05, 4.69) is 24.1 Å². The van der Waals surface area contributed by atoms with Crippen LogP contribution in [-0.4, -0.2) is 56.1 Å². The molecule has 2 aromatic carbocycles. The molecule has 6 nitrogen and oxygen atoms in total. The fourth-order valence-electron chi connectivity index (χ4n) is 3.42. The Balaban J connectivity index is 1.76. The second-order valence-corrected chi connectivity index (χ2v) is 6.91. The minimum Gasteiger partial charge on any atom is -0.493 e. The maximum Gasteiger partial charge on any atom is 0.247 e. The van der Waals surface area contributed by atoms with Crippen molar-refractivity contribution in [3.63, 3.8) is 0 Å². The summed E-state index contributed by atoms with van der Waals surface area (Å²) in [4.78, 5) is 17.1. The molecule has 1 atom stereocenters. The molecule has 1 unspecified atom stereocenters. The number of nitriles is 1. The van der Waals surface area contributed by atoms with E-state index < -0.39 is 0 Å². The monoisotopic (exact) mass is 391 g/mol. The van der Waals surface area contributed by atoms with Gasteiger partial charge in [-0.2, -0.15) is 5.26 Å². The van der Waals surface area contributed by atoms with Gasteiger partial charge in [-0.15, -0.1) is 0 Å². The third-order valence-corrected chi connectivity index (χ3v) is 4.95. The number of nitrogens with zero attached hydrogens (tertiary/aromatic N) is 3. The molecule has 1 heterocycles. The molecule has 0 aromatic heterocycles. The van der Waals surface area contributed by atoms with E-state index in [1.807, 2.05) is 35.2 Å². The van der Waals surface area contributed by atoms with E-state index in [-0.39, 0.29) is 18.6 Å². The molecule has 3 rings (SSSR count). The van der Waals surface area contributed by atoms with Gasteiger partial charge in [0, 0.05) is 25.7 Å². The van der Waals surface area contributed by atoms with Crippen LogP contribution in [0, 0.1) is 11.3 Å². The maximum absolute atomic E-state index is 13.0. The first kappa shape index (κ1) is 20.4. The number of carbonyl (C=O) groups excluding carboxylic acids is 1. The Morgan fingerprint density at radius 3 is 2.72 bits per heavy atom. The van der Waals surface area contributed by atoms with E-state index >= 15 is 0 Å². The van der Waals surface area contributed by atoms with Crippen molar-refractivity contribution in [1.29, 1.82) is 5.26 Å². The molecular weight excluding hydrogens is 366 g/mol. The molecule has 1 amide bonds. The number of amides is 1. The second-order valence-electron chi connectivity index (χ2n) is 6.91. The molecule has 0 bridgehead atoms. The summed E-state index contributed by atoms with van der Waals surface area (Å²) in [6, 6.07) is 17.5. The third kappa shape index (κ3) is 5.15. The molecule has 1 fully saturated rings. The van der Waals surface area contributed by atoms with Crippen LogP contribution in [0.4, 0.5) is 0 Å².